The maximum atomic E-state index is 13.6. The number of likely N-dealkylation sites (tertiary alicyclic amines) is 1. The average molecular weight is 575 g/mol. The number of anilines is 3. The van der Waals surface area contributed by atoms with E-state index < -0.39 is 0 Å². The fraction of sp³-hybridized carbons (Fsp3) is 0.267. The van der Waals surface area contributed by atoms with Gasteiger partial charge in [-0.25, -0.2) is 9.78 Å². The summed E-state index contributed by atoms with van der Waals surface area (Å²) in [4.78, 5) is 48.1. The number of hydrogen-bond donors (Lipinski definition) is 1. The van der Waals surface area contributed by atoms with Crippen LogP contribution < -0.4 is 15.0 Å². The van der Waals surface area contributed by atoms with Crippen LogP contribution in [0.25, 0.3) is 10.2 Å². The molecule has 206 valence electrons. The molecule has 0 radical (unpaired) electrons. The van der Waals surface area contributed by atoms with Crippen molar-refractivity contribution >= 4 is 69.8 Å². The summed E-state index contributed by atoms with van der Waals surface area (Å²) in [5.74, 6) is 1.69. The summed E-state index contributed by atoms with van der Waals surface area (Å²) in [7, 11) is 0. The largest absolute Gasteiger partial charge is 0.457 e. The number of carbonyl (C=O) groups excluding carboxylic acids is 3. The van der Waals surface area contributed by atoms with Gasteiger partial charge in [-0.1, -0.05) is 25.1 Å². The van der Waals surface area contributed by atoms with Crippen LogP contribution in [0, 0.1) is 12.8 Å². The zero-order chi connectivity index (χ0) is 27.1. The molecule has 0 aliphatic carbocycles. The van der Waals surface area contributed by atoms with E-state index in [4.69, 9.17) is 4.74 Å². The van der Waals surface area contributed by atoms with Gasteiger partial charge in [0.15, 0.2) is 0 Å². The predicted molar refractivity (Wildman–Crippen MR) is 163 cm³/mol. The summed E-state index contributed by atoms with van der Waals surface area (Å²) < 4.78 is 5.97. The predicted octanol–water partition coefficient (Wildman–Crippen LogP) is 7.02. The summed E-state index contributed by atoms with van der Waals surface area (Å²) in [6, 6.07) is 16.6. The fourth-order valence-electron chi connectivity index (χ4n) is 5.33. The Bertz CT molecular complexity index is 1600. The maximum absolute atomic E-state index is 13.6. The first kappa shape index (κ1) is 27.7. The van der Waals surface area contributed by atoms with Gasteiger partial charge in [0.2, 0.25) is 0 Å². The van der Waals surface area contributed by atoms with Gasteiger partial charge < -0.3 is 15.0 Å². The van der Waals surface area contributed by atoms with Crippen LogP contribution in [0.4, 0.5) is 21.9 Å². The summed E-state index contributed by atoms with van der Waals surface area (Å²) in [5.41, 5.74) is 2.78. The number of amides is 3. The van der Waals surface area contributed by atoms with Gasteiger partial charge in [0.05, 0.1) is 22.4 Å². The molecule has 2 aromatic heterocycles. The minimum Gasteiger partial charge on any atom is -0.457 e. The third-order valence-corrected chi connectivity index (χ3v) is 8.40. The highest BCUT2D eigenvalue weighted by Gasteiger charge is 2.36. The molecule has 0 unspecified atom stereocenters. The number of ketones is 1. The average Bonchev–Trinajstić information content (AvgIpc) is 3.55. The molecule has 1 atom stereocenters. The Kier molecular flexibility index (Phi) is 7.82. The molecule has 3 amide bonds. The lowest BCUT2D eigenvalue weighted by atomic mass is 10.0. The molecular weight excluding hydrogens is 544 g/mol. The van der Waals surface area contributed by atoms with Gasteiger partial charge in [0, 0.05) is 32.1 Å². The molecule has 0 spiro atoms. The lowest BCUT2D eigenvalue weighted by Crippen LogP contribution is -2.35. The molecule has 2 aliphatic rings. The Labute approximate surface area is 243 Å². The van der Waals surface area contributed by atoms with Crippen LogP contribution in [0.5, 0.6) is 11.5 Å². The Hall–Kier alpha value is -3.89. The van der Waals surface area contributed by atoms with Crippen LogP contribution in [-0.2, 0) is 4.79 Å². The van der Waals surface area contributed by atoms with Crippen molar-refractivity contribution in [3.63, 3.8) is 0 Å². The second-order valence-electron chi connectivity index (χ2n) is 9.95. The molecular formula is C30H30N4O4S2. The summed E-state index contributed by atoms with van der Waals surface area (Å²) in [6.07, 6.45) is 3.50. The third kappa shape index (κ3) is 5.04. The number of Topliss-reactive ketones (excluding diaryl/α,β-unsaturated/α-hetero) is 1. The maximum Gasteiger partial charge on any atom is 0.331 e. The fourth-order valence-corrected chi connectivity index (χ4v) is 6.42. The quantitative estimate of drug-likeness (QED) is 0.256. The van der Waals surface area contributed by atoms with E-state index in [9.17, 15) is 14.4 Å². The zero-order valence-corrected chi connectivity index (χ0v) is 24.1. The molecule has 1 N–H and O–H groups in total. The second kappa shape index (κ2) is 11.3. The Morgan fingerprint density at radius 1 is 1.10 bits per heavy atom. The molecule has 2 aliphatic heterocycles. The molecule has 8 nitrogen and oxygen atoms in total. The van der Waals surface area contributed by atoms with E-state index in [0.717, 1.165) is 23.1 Å². The number of para-hydroxylation sites is 1. The van der Waals surface area contributed by atoms with Crippen LogP contribution in [0.1, 0.15) is 41.4 Å². The zero-order valence-electron chi connectivity index (χ0n) is 22.3. The van der Waals surface area contributed by atoms with Crippen LogP contribution in [0.2, 0.25) is 0 Å². The lowest BCUT2D eigenvalue weighted by Gasteiger charge is -2.30. The van der Waals surface area contributed by atoms with Crippen molar-refractivity contribution in [1.82, 2.24) is 9.88 Å². The number of aryl methyl sites for hydroxylation is 1. The van der Waals surface area contributed by atoms with Gasteiger partial charge in [-0.3, -0.25) is 14.5 Å². The van der Waals surface area contributed by atoms with Crippen molar-refractivity contribution in [2.45, 2.75) is 33.1 Å². The number of urea groups is 1. The molecule has 10 heteroatoms. The number of ether oxygens (including phenoxy) is 1. The molecule has 6 rings (SSSR count). The molecule has 1 saturated heterocycles. The van der Waals surface area contributed by atoms with Gasteiger partial charge in [-0.05, 0) is 61.2 Å². The topological polar surface area (TPSA) is 91.8 Å². The second-order valence-corrected chi connectivity index (χ2v) is 10.9. The number of benzene rings is 2. The molecule has 2 aromatic carbocycles. The minimum absolute atomic E-state index is 0. The molecule has 0 bridgehead atoms. The standard InChI is InChI=1S/C30H28N4O4S.H2S/c1-3-20(35)16-19-12-14-33(17-19)29(36)27-26-25-24(11-13-31-28(25)39-27)34(30(37)32-26)23-10-9-22(15-18(23)2)38-21-7-5-4-6-8-21;/h4-11,13,15,19H,3,12,14,16-17H2,1-2H3,(H,32,37);1H2/t19-;/m1./s1. The minimum atomic E-state index is -0.338. The lowest BCUT2D eigenvalue weighted by molar-refractivity contribution is -0.119. The van der Waals surface area contributed by atoms with E-state index in [0.29, 0.717) is 58.5 Å². The Morgan fingerprint density at radius 2 is 1.90 bits per heavy atom. The van der Waals surface area contributed by atoms with Gasteiger partial charge in [0.1, 0.15) is 27.0 Å². The van der Waals surface area contributed by atoms with Crippen molar-refractivity contribution < 1.29 is 19.1 Å². The molecule has 0 saturated carbocycles. The third-order valence-electron chi connectivity index (χ3n) is 7.31. The summed E-state index contributed by atoms with van der Waals surface area (Å²) in [5, 5.41) is 3.74. The van der Waals surface area contributed by atoms with Crippen LogP contribution >= 0.6 is 24.8 Å². The van der Waals surface area contributed by atoms with Crippen LogP contribution in [-0.4, -0.2) is 40.7 Å². The number of pyridine rings is 1. The molecule has 4 aromatic rings. The molecule has 40 heavy (non-hydrogen) atoms. The number of aromatic nitrogens is 1. The number of nitrogens with zero attached hydrogens (tertiary/aromatic N) is 3. The van der Waals surface area contributed by atoms with E-state index in [2.05, 4.69) is 10.3 Å². The summed E-state index contributed by atoms with van der Waals surface area (Å²) >= 11 is 1.29. The number of carbonyl (C=O) groups is 3. The van der Waals surface area contributed by atoms with Crippen molar-refractivity contribution in [1.29, 1.82) is 0 Å². The van der Waals surface area contributed by atoms with E-state index in [1.54, 1.807) is 16.0 Å². The first-order chi connectivity index (χ1) is 18.9. The van der Waals surface area contributed by atoms with E-state index in [1.165, 1.54) is 11.3 Å². The highest BCUT2D eigenvalue weighted by Crippen LogP contribution is 2.47. The van der Waals surface area contributed by atoms with Gasteiger partial charge in [0.25, 0.3) is 5.91 Å². The van der Waals surface area contributed by atoms with Crippen molar-refractivity contribution in [3.05, 3.63) is 71.2 Å². The summed E-state index contributed by atoms with van der Waals surface area (Å²) in [6.45, 7) is 4.96. The number of nitrogens with one attached hydrogen (secondary N) is 1. The molecule has 4 heterocycles. The van der Waals surface area contributed by atoms with E-state index in [-0.39, 0.29) is 37.1 Å². The van der Waals surface area contributed by atoms with Gasteiger partial charge in [-0.2, -0.15) is 13.5 Å². The van der Waals surface area contributed by atoms with Crippen molar-refractivity contribution in [2.75, 3.05) is 23.3 Å². The Balaban J connectivity index is 0.00000323. The van der Waals surface area contributed by atoms with Gasteiger partial charge >= 0.3 is 6.03 Å². The van der Waals surface area contributed by atoms with Crippen molar-refractivity contribution in [2.24, 2.45) is 5.92 Å². The Morgan fingerprint density at radius 3 is 2.65 bits per heavy atom. The molecule has 1 fully saturated rings. The first-order valence-corrected chi connectivity index (χ1v) is 13.9. The highest BCUT2D eigenvalue weighted by molar-refractivity contribution is 7.59. The SMILES string of the molecule is CCC(=O)C[C@H]1CCN(C(=O)c2sc3nccc4c3c2NC(=O)N4c2ccc(Oc3ccccc3)cc2C)C1.S. The van der Waals surface area contributed by atoms with E-state index in [1.807, 2.05) is 68.4 Å². The van der Waals surface area contributed by atoms with Crippen molar-refractivity contribution in [3.8, 4) is 11.5 Å². The van der Waals surface area contributed by atoms with Crippen LogP contribution in [0.3, 0.4) is 0 Å². The number of thiophene rings is 1. The monoisotopic (exact) mass is 574 g/mol. The van der Waals surface area contributed by atoms with E-state index >= 15 is 0 Å². The smallest absolute Gasteiger partial charge is 0.331 e. The van der Waals surface area contributed by atoms with Crippen LogP contribution in [0.15, 0.2) is 60.8 Å². The number of rotatable bonds is 7. The normalized spacial score (nSPS) is 16.1. The van der Waals surface area contributed by atoms with Gasteiger partial charge in [-0.15, -0.1) is 11.3 Å². The first-order valence-electron chi connectivity index (χ1n) is 13.1. The highest BCUT2D eigenvalue weighted by atomic mass is 32.1. The number of hydrogen-bond acceptors (Lipinski definition) is 6.